The van der Waals surface area contributed by atoms with Crippen molar-refractivity contribution in [1.29, 1.82) is 0 Å². The monoisotopic (exact) mass is 385 g/mol. The maximum Gasteiger partial charge on any atom is 0.307 e. The number of hydrogen-bond donors (Lipinski definition) is 1. The number of hydrogen-bond acceptors (Lipinski definition) is 8. The standard InChI is InChI=1S/C15H23N5O5S/c1-5-6-12-18-15(25-19-12)10(2)24-14(21)7-8-16-26(22,23)13-9-20(4)11(3)17-13/h9-10,16H,5-8H2,1-4H3. The zero-order chi connectivity index (χ0) is 19.3. The molecule has 0 fully saturated rings. The Hall–Kier alpha value is -2.27. The van der Waals surface area contributed by atoms with Crippen LogP contribution in [0.5, 0.6) is 0 Å². The molecule has 26 heavy (non-hydrogen) atoms. The van der Waals surface area contributed by atoms with Crippen LogP contribution in [0.2, 0.25) is 0 Å². The lowest BCUT2D eigenvalue weighted by atomic mass is 10.3. The average molecular weight is 385 g/mol. The van der Waals surface area contributed by atoms with Crippen LogP contribution in [0.1, 0.15) is 50.3 Å². The lowest BCUT2D eigenvalue weighted by Crippen LogP contribution is -2.27. The number of aryl methyl sites for hydroxylation is 3. The zero-order valence-corrected chi connectivity index (χ0v) is 16.0. The molecule has 144 valence electrons. The number of sulfonamides is 1. The van der Waals surface area contributed by atoms with Crippen LogP contribution >= 0.6 is 0 Å². The van der Waals surface area contributed by atoms with Crippen LogP contribution in [-0.4, -0.2) is 40.6 Å². The van der Waals surface area contributed by atoms with Crippen LogP contribution in [0.4, 0.5) is 0 Å². The van der Waals surface area contributed by atoms with Gasteiger partial charge < -0.3 is 13.8 Å². The van der Waals surface area contributed by atoms with Crippen molar-refractivity contribution in [3.8, 4) is 0 Å². The van der Waals surface area contributed by atoms with Gasteiger partial charge in [0.15, 0.2) is 17.0 Å². The Morgan fingerprint density at radius 3 is 2.77 bits per heavy atom. The zero-order valence-electron chi connectivity index (χ0n) is 15.2. The summed E-state index contributed by atoms with van der Waals surface area (Å²) in [6.07, 6.45) is 2.13. The van der Waals surface area contributed by atoms with Crippen LogP contribution in [0, 0.1) is 6.92 Å². The van der Waals surface area contributed by atoms with Gasteiger partial charge in [-0.3, -0.25) is 4.79 Å². The molecular formula is C15H23N5O5S. The molecule has 0 aromatic carbocycles. The van der Waals surface area contributed by atoms with Gasteiger partial charge in [0.05, 0.1) is 6.42 Å². The molecule has 2 rings (SSSR count). The average Bonchev–Trinajstić information content (AvgIpc) is 3.15. The minimum atomic E-state index is -3.77. The van der Waals surface area contributed by atoms with Crippen molar-refractivity contribution in [2.24, 2.45) is 7.05 Å². The Labute approximate surface area is 152 Å². The van der Waals surface area contributed by atoms with Crippen molar-refractivity contribution >= 4 is 16.0 Å². The summed E-state index contributed by atoms with van der Waals surface area (Å²) in [7, 11) is -2.07. The van der Waals surface area contributed by atoms with E-state index in [1.165, 1.54) is 6.20 Å². The second-order valence-corrected chi connectivity index (χ2v) is 7.53. The van der Waals surface area contributed by atoms with Gasteiger partial charge in [0.2, 0.25) is 0 Å². The summed E-state index contributed by atoms with van der Waals surface area (Å²) < 4.78 is 38.4. The van der Waals surface area contributed by atoms with E-state index in [0.29, 0.717) is 18.1 Å². The first-order chi connectivity index (χ1) is 12.2. The number of carbonyl (C=O) groups excluding carboxylic acids is 1. The first-order valence-electron chi connectivity index (χ1n) is 8.24. The topological polar surface area (TPSA) is 129 Å². The number of ether oxygens (including phenoxy) is 1. The number of carbonyl (C=O) groups is 1. The highest BCUT2D eigenvalue weighted by molar-refractivity contribution is 7.89. The van der Waals surface area contributed by atoms with E-state index in [9.17, 15) is 13.2 Å². The van der Waals surface area contributed by atoms with Crippen molar-refractivity contribution in [2.45, 2.75) is 51.2 Å². The molecule has 1 atom stereocenters. The molecule has 1 N–H and O–H groups in total. The Morgan fingerprint density at radius 2 is 2.15 bits per heavy atom. The maximum absolute atomic E-state index is 12.1. The molecular weight excluding hydrogens is 362 g/mol. The van der Waals surface area contributed by atoms with E-state index in [0.717, 1.165) is 6.42 Å². The number of aromatic nitrogens is 4. The summed E-state index contributed by atoms with van der Waals surface area (Å²) in [6.45, 7) is 5.20. The highest BCUT2D eigenvalue weighted by Gasteiger charge is 2.21. The van der Waals surface area contributed by atoms with Crippen LogP contribution < -0.4 is 4.72 Å². The quantitative estimate of drug-likeness (QED) is 0.634. The largest absolute Gasteiger partial charge is 0.452 e. The number of esters is 1. The van der Waals surface area contributed by atoms with E-state index in [1.807, 2.05) is 6.92 Å². The number of nitrogens with zero attached hydrogens (tertiary/aromatic N) is 4. The van der Waals surface area contributed by atoms with E-state index >= 15 is 0 Å². The maximum atomic E-state index is 12.1. The minimum absolute atomic E-state index is 0.0893. The first kappa shape index (κ1) is 20.0. The van der Waals surface area contributed by atoms with Crippen molar-refractivity contribution in [2.75, 3.05) is 6.54 Å². The fourth-order valence-electron chi connectivity index (χ4n) is 2.08. The van der Waals surface area contributed by atoms with E-state index in [4.69, 9.17) is 9.26 Å². The van der Waals surface area contributed by atoms with E-state index in [2.05, 4.69) is 19.8 Å². The molecule has 0 spiro atoms. The summed E-state index contributed by atoms with van der Waals surface area (Å²) >= 11 is 0. The summed E-state index contributed by atoms with van der Waals surface area (Å²) in [5.74, 6) is 0.767. The van der Waals surface area contributed by atoms with Crippen molar-refractivity contribution in [3.63, 3.8) is 0 Å². The molecule has 0 aliphatic heterocycles. The molecule has 0 bridgehead atoms. The Kier molecular flexibility index (Phi) is 6.48. The molecule has 0 aliphatic rings. The molecule has 0 radical (unpaired) electrons. The van der Waals surface area contributed by atoms with Crippen LogP contribution in [0.3, 0.4) is 0 Å². The van der Waals surface area contributed by atoms with Gasteiger partial charge in [-0.2, -0.15) is 4.98 Å². The lowest BCUT2D eigenvalue weighted by molar-refractivity contribution is -0.149. The third-order valence-corrected chi connectivity index (χ3v) is 4.93. The van der Waals surface area contributed by atoms with Gasteiger partial charge in [-0.05, 0) is 20.3 Å². The van der Waals surface area contributed by atoms with E-state index in [1.54, 1.807) is 25.5 Å². The van der Waals surface area contributed by atoms with Gasteiger partial charge in [-0.25, -0.2) is 18.1 Å². The predicted molar refractivity (Wildman–Crippen MR) is 90.6 cm³/mol. The molecule has 2 heterocycles. The van der Waals surface area contributed by atoms with E-state index in [-0.39, 0.29) is 23.9 Å². The molecule has 0 amide bonds. The third kappa shape index (κ3) is 5.11. The highest BCUT2D eigenvalue weighted by Crippen LogP contribution is 2.15. The van der Waals surface area contributed by atoms with Gasteiger partial charge in [0.1, 0.15) is 5.82 Å². The Balaban J connectivity index is 1.82. The Bertz CT molecular complexity index is 838. The number of imidazole rings is 1. The van der Waals surface area contributed by atoms with Crippen molar-refractivity contribution in [1.82, 2.24) is 24.4 Å². The lowest BCUT2D eigenvalue weighted by Gasteiger charge is -2.09. The van der Waals surface area contributed by atoms with Gasteiger partial charge in [-0.15, -0.1) is 0 Å². The van der Waals surface area contributed by atoms with Gasteiger partial charge in [0, 0.05) is 26.2 Å². The van der Waals surface area contributed by atoms with Gasteiger partial charge in [0.25, 0.3) is 15.9 Å². The molecule has 10 nitrogen and oxygen atoms in total. The minimum Gasteiger partial charge on any atom is -0.452 e. The third-order valence-electron chi connectivity index (χ3n) is 3.60. The molecule has 2 aromatic rings. The van der Waals surface area contributed by atoms with Gasteiger partial charge >= 0.3 is 5.97 Å². The van der Waals surface area contributed by atoms with Crippen molar-refractivity contribution in [3.05, 3.63) is 23.7 Å². The molecule has 11 heteroatoms. The molecule has 1 unspecified atom stereocenters. The molecule has 0 saturated heterocycles. The fraction of sp³-hybridized carbons (Fsp3) is 0.600. The molecule has 0 aliphatic carbocycles. The number of nitrogens with one attached hydrogen (secondary N) is 1. The second-order valence-electron chi connectivity index (χ2n) is 5.82. The summed E-state index contributed by atoms with van der Waals surface area (Å²) in [6, 6.07) is 0. The Morgan fingerprint density at radius 1 is 1.42 bits per heavy atom. The second kappa shape index (κ2) is 8.41. The first-order valence-corrected chi connectivity index (χ1v) is 9.72. The molecule has 0 saturated carbocycles. The van der Waals surface area contributed by atoms with Crippen LogP contribution in [0.15, 0.2) is 15.7 Å². The smallest absolute Gasteiger partial charge is 0.307 e. The van der Waals surface area contributed by atoms with Gasteiger partial charge in [-0.1, -0.05) is 12.1 Å². The van der Waals surface area contributed by atoms with Crippen LogP contribution in [0.25, 0.3) is 0 Å². The highest BCUT2D eigenvalue weighted by atomic mass is 32.2. The normalized spacial score (nSPS) is 12.9. The molecule has 2 aromatic heterocycles. The van der Waals surface area contributed by atoms with Crippen LogP contribution in [-0.2, 0) is 33.0 Å². The van der Waals surface area contributed by atoms with Crippen molar-refractivity contribution < 1.29 is 22.5 Å². The van der Waals surface area contributed by atoms with E-state index < -0.39 is 22.1 Å². The fourth-order valence-corrected chi connectivity index (χ4v) is 3.15. The summed E-state index contributed by atoms with van der Waals surface area (Å²) in [4.78, 5) is 20.0. The summed E-state index contributed by atoms with van der Waals surface area (Å²) in [5, 5.41) is 3.70. The number of rotatable bonds is 9. The summed E-state index contributed by atoms with van der Waals surface area (Å²) in [5.41, 5.74) is 0. The predicted octanol–water partition coefficient (Wildman–Crippen LogP) is 1.04. The SMILES string of the molecule is CCCc1noc(C(C)OC(=O)CCNS(=O)(=O)c2cn(C)c(C)n2)n1.